The predicted molar refractivity (Wildman–Crippen MR) is 89.6 cm³/mol. The van der Waals surface area contributed by atoms with E-state index in [0.29, 0.717) is 0 Å². The minimum absolute atomic E-state index is 0.124. The van der Waals surface area contributed by atoms with Gasteiger partial charge in [-0.05, 0) is 18.3 Å². The van der Waals surface area contributed by atoms with Crippen LogP contribution in [-0.2, 0) is 0 Å². The summed E-state index contributed by atoms with van der Waals surface area (Å²) in [5.41, 5.74) is -2.09. The van der Waals surface area contributed by atoms with Crippen molar-refractivity contribution >= 4 is 34.6 Å². The van der Waals surface area contributed by atoms with Crippen LogP contribution >= 0.6 is 12.2 Å². The molecule has 0 atom stereocenters. The number of amides is 1. The average molecular weight is 403 g/mol. The fourth-order valence-corrected chi connectivity index (χ4v) is 2.25. The first-order chi connectivity index (χ1) is 12.7. The summed E-state index contributed by atoms with van der Waals surface area (Å²) in [4.78, 5) is 22.2. The number of hydrogen-bond donors (Lipinski definition) is 2. The number of hydrogen-bond acceptors (Lipinski definition) is 5. The van der Waals surface area contributed by atoms with Crippen molar-refractivity contribution < 1.29 is 32.0 Å². The maximum Gasteiger partial charge on any atom is 0.292 e. The maximum atomic E-state index is 13.9. The van der Waals surface area contributed by atoms with Gasteiger partial charge in [-0.1, -0.05) is 12.1 Å². The first-order valence-corrected chi connectivity index (χ1v) is 7.35. The van der Waals surface area contributed by atoms with Gasteiger partial charge in [-0.3, -0.25) is 20.2 Å². The Labute approximate surface area is 154 Å². The van der Waals surface area contributed by atoms with Crippen LogP contribution < -0.4 is 15.4 Å². The Morgan fingerprint density at radius 3 is 2.19 bits per heavy atom. The summed E-state index contributed by atoms with van der Waals surface area (Å²) in [6.45, 7) is 0. The van der Waals surface area contributed by atoms with Gasteiger partial charge in [0.05, 0.1) is 12.0 Å². The Kier molecular flexibility index (Phi) is 5.90. The SMILES string of the molecule is COc1c(F)c(F)c(C(=O)NC(=S)Nc2ccccc2[N+](=O)[O-])c(F)c1F. The van der Waals surface area contributed by atoms with Crippen LogP contribution in [0.1, 0.15) is 10.4 Å². The molecule has 1 amide bonds. The second-order valence-electron chi connectivity index (χ2n) is 4.85. The van der Waals surface area contributed by atoms with Crippen LogP contribution in [0.15, 0.2) is 24.3 Å². The van der Waals surface area contributed by atoms with Crippen LogP contribution in [0.2, 0.25) is 0 Å². The molecule has 0 aliphatic heterocycles. The number of benzene rings is 2. The molecule has 2 rings (SSSR count). The number of methoxy groups -OCH3 is 1. The first kappa shape index (κ1) is 20.0. The largest absolute Gasteiger partial charge is 0.491 e. The first-order valence-electron chi connectivity index (χ1n) is 6.94. The van der Waals surface area contributed by atoms with Crippen molar-refractivity contribution in [3.63, 3.8) is 0 Å². The Morgan fingerprint density at radius 1 is 1.11 bits per heavy atom. The molecule has 2 aromatic rings. The molecule has 2 aromatic carbocycles. The minimum Gasteiger partial charge on any atom is -0.491 e. The lowest BCUT2D eigenvalue weighted by Gasteiger charge is -2.12. The quantitative estimate of drug-likeness (QED) is 0.268. The van der Waals surface area contributed by atoms with Gasteiger partial charge in [-0.25, -0.2) is 8.78 Å². The van der Waals surface area contributed by atoms with Gasteiger partial charge in [-0.15, -0.1) is 0 Å². The molecule has 0 fully saturated rings. The number of rotatable bonds is 4. The number of carbonyl (C=O) groups is 1. The van der Waals surface area contributed by atoms with E-state index in [1.807, 2.05) is 0 Å². The van der Waals surface area contributed by atoms with Gasteiger partial charge in [0.1, 0.15) is 11.3 Å². The van der Waals surface area contributed by atoms with E-state index in [-0.39, 0.29) is 5.69 Å². The molecule has 0 aliphatic rings. The van der Waals surface area contributed by atoms with E-state index in [1.165, 1.54) is 18.2 Å². The highest BCUT2D eigenvalue weighted by Gasteiger charge is 2.30. The Balaban J connectivity index is 2.29. The van der Waals surface area contributed by atoms with Crippen molar-refractivity contribution in [3.05, 3.63) is 63.2 Å². The lowest BCUT2D eigenvalue weighted by Crippen LogP contribution is -2.35. The van der Waals surface area contributed by atoms with Crippen molar-refractivity contribution in [2.45, 2.75) is 0 Å². The van der Waals surface area contributed by atoms with Crippen LogP contribution in [0, 0.1) is 33.4 Å². The number of ether oxygens (including phenoxy) is 1. The van der Waals surface area contributed by atoms with Crippen LogP contribution in [0.5, 0.6) is 5.75 Å². The number of thiocarbonyl (C=S) groups is 1. The van der Waals surface area contributed by atoms with Gasteiger partial charge < -0.3 is 10.1 Å². The molecule has 0 bridgehead atoms. The molecule has 0 aromatic heterocycles. The number of nitro groups is 1. The third-order valence-corrected chi connectivity index (χ3v) is 3.43. The molecular weight excluding hydrogens is 394 g/mol. The molecule has 0 spiro atoms. The van der Waals surface area contributed by atoms with Crippen LogP contribution in [0.4, 0.5) is 28.9 Å². The zero-order chi connectivity index (χ0) is 20.3. The number of halogens is 4. The van der Waals surface area contributed by atoms with E-state index in [9.17, 15) is 32.5 Å². The summed E-state index contributed by atoms with van der Waals surface area (Å²) in [5, 5.41) is 14.4. The fourth-order valence-electron chi connectivity index (χ4n) is 2.05. The minimum atomic E-state index is -1.99. The molecule has 0 radical (unpaired) electrons. The zero-order valence-corrected chi connectivity index (χ0v) is 14.1. The monoisotopic (exact) mass is 403 g/mol. The molecule has 2 N–H and O–H groups in total. The van der Waals surface area contributed by atoms with Crippen molar-refractivity contribution in [3.8, 4) is 5.75 Å². The Hall–Kier alpha value is -3.28. The average Bonchev–Trinajstić information content (AvgIpc) is 2.61. The number of nitrogens with zero attached hydrogens (tertiary/aromatic N) is 1. The van der Waals surface area contributed by atoms with E-state index in [0.717, 1.165) is 13.2 Å². The second-order valence-corrected chi connectivity index (χ2v) is 5.25. The second kappa shape index (κ2) is 7.95. The fraction of sp³-hybridized carbons (Fsp3) is 0.0667. The molecule has 0 saturated heterocycles. The highest BCUT2D eigenvalue weighted by atomic mass is 32.1. The highest BCUT2D eigenvalue weighted by Crippen LogP contribution is 2.29. The summed E-state index contributed by atoms with van der Waals surface area (Å²) in [6.07, 6.45) is 0. The van der Waals surface area contributed by atoms with Gasteiger partial charge in [-0.2, -0.15) is 8.78 Å². The zero-order valence-electron chi connectivity index (χ0n) is 13.3. The molecular formula is C15H9F4N3O4S. The van der Waals surface area contributed by atoms with Gasteiger partial charge in [0, 0.05) is 6.07 Å². The lowest BCUT2D eigenvalue weighted by atomic mass is 10.1. The standard InChI is InChI=1S/C15H9F4N3O4S/c1-26-13-11(18)9(16)8(10(17)12(13)19)14(23)21-15(27)20-6-4-2-3-5-7(6)22(24)25/h2-5H,1H3,(H2,20,21,23,27). The topological polar surface area (TPSA) is 93.5 Å². The Bertz CT molecular complexity index is 926. The Morgan fingerprint density at radius 2 is 1.67 bits per heavy atom. The normalized spacial score (nSPS) is 10.3. The molecule has 0 heterocycles. The third kappa shape index (κ3) is 3.95. The van der Waals surface area contributed by atoms with Crippen LogP contribution in [0.25, 0.3) is 0 Å². The molecule has 0 unspecified atom stereocenters. The number of nitrogens with one attached hydrogen (secondary N) is 2. The molecule has 142 valence electrons. The molecule has 0 saturated carbocycles. The van der Waals surface area contributed by atoms with E-state index in [4.69, 9.17) is 12.2 Å². The van der Waals surface area contributed by atoms with Gasteiger partial charge >= 0.3 is 0 Å². The number of carbonyl (C=O) groups excluding carboxylic acids is 1. The summed E-state index contributed by atoms with van der Waals surface area (Å²) >= 11 is 4.74. The number of anilines is 1. The summed E-state index contributed by atoms with van der Waals surface area (Å²) < 4.78 is 59.4. The van der Waals surface area contributed by atoms with Crippen LogP contribution in [0.3, 0.4) is 0 Å². The lowest BCUT2D eigenvalue weighted by molar-refractivity contribution is -0.383. The third-order valence-electron chi connectivity index (χ3n) is 3.23. The van der Waals surface area contributed by atoms with Gasteiger partial charge in [0.2, 0.25) is 11.6 Å². The van der Waals surface area contributed by atoms with E-state index >= 15 is 0 Å². The maximum absolute atomic E-state index is 13.9. The molecule has 7 nitrogen and oxygen atoms in total. The smallest absolute Gasteiger partial charge is 0.292 e. The number of nitro benzene ring substituents is 1. The van der Waals surface area contributed by atoms with Crippen LogP contribution in [-0.4, -0.2) is 23.1 Å². The summed E-state index contributed by atoms with van der Waals surface area (Å²) in [7, 11) is 0.784. The number of para-hydroxylation sites is 2. The van der Waals surface area contributed by atoms with Gasteiger partial charge in [0.15, 0.2) is 22.5 Å². The van der Waals surface area contributed by atoms with E-state index in [2.05, 4.69) is 10.1 Å². The molecule has 12 heteroatoms. The highest BCUT2D eigenvalue weighted by molar-refractivity contribution is 7.80. The molecule has 27 heavy (non-hydrogen) atoms. The van der Waals surface area contributed by atoms with Gasteiger partial charge in [0.25, 0.3) is 11.6 Å². The van der Waals surface area contributed by atoms with Crippen molar-refractivity contribution in [1.82, 2.24) is 5.32 Å². The van der Waals surface area contributed by atoms with Crippen molar-refractivity contribution in [2.24, 2.45) is 0 Å². The van der Waals surface area contributed by atoms with E-state index < -0.39 is 56.2 Å². The summed E-state index contributed by atoms with van der Waals surface area (Å²) in [6, 6.07) is 5.19. The summed E-state index contributed by atoms with van der Waals surface area (Å²) in [5.74, 6) is -10.7. The van der Waals surface area contributed by atoms with Crippen molar-refractivity contribution in [1.29, 1.82) is 0 Å². The van der Waals surface area contributed by atoms with Crippen molar-refractivity contribution in [2.75, 3.05) is 12.4 Å². The predicted octanol–water partition coefficient (Wildman–Crippen LogP) is 3.29. The molecule has 0 aliphatic carbocycles. The van der Waals surface area contributed by atoms with E-state index in [1.54, 1.807) is 5.32 Å².